The average molecular weight is 358 g/mol. The molecule has 0 radical (unpaired) electrons. The molecule has 1 aliphatic rings. The molecule has 3 heterocycles. The molecule has 6 nitrogen and oxygen atoms in total. The standard InChI is InChI=1S/C21H18N4O2/c1-27-20-8-6-16(12-15(20)5-7-18-4-2-3-10-22-18)21(26)25-11-9-19-17(14-25)13-23-24-19/h2-4,6,8,10,12-13H,9,11,14H2,1H3,(H,23,24). The van der Waals surface area contributed by atoms with Gasteiger partial charge >= 0.3 is 0 Å². The average Bonchev–Trinajstić information content (AvgIpc) is 3.20. The van der Waals surface area contributed by atoms with Crippen molar-refractivity contribution in [3.8, 4) is 17.6 Å². The molecule has 134 valence electrons. The van der Waals surface area contributed by atoms with Crippen LogP contribution in [0.3, 0.4) is 0 Å². The Morgan fingerprint density at radius 1 is 1.26 bits per heavy atom. The highest BCUT2D eigenvalue weighted by Gasteiger charge is 2.23. The van der Waals surface area contributed by atoms with Crippen LogP contribution in [-0.4, -0.2) is 39.6 Å². The minimum Gasteiger partial charge on any atom is -0.495 e. The maximum Gasteiger partial charge on any atom is 0.254 e. The summed E-state index contributed by atoms with van der Waals surface area (Å²) in [6.07, 6.45) is 4.26. The van der Waals surface area contributed by atoms with Gasteiger partial charge in [-0.25, -0.2) is 4.98 Å². The van der Waals surface area contributed by atoms with Gasteiger partial charge < -0.3 is 9.64 Å². The van der Waals surface area contributed by atoms with Crippen molar-refractivity contribution in [2.45, 2.75) is 13.0 Å². The second-order valence-electron chi connectivity index (χ2n) is 6.23. The number of amides is 1. The third kappa shape index (κ3) is 3.53. The number of nitrogens with one attached hydrogen (secondary N) is 1. The molecule has 0 unspecified atom stereocenters. The molecule has 0 saturated carbocycles. The Balaban J connectivity index is 1.61. The number of carbonyl (C=O) groups excluding carboxylic acids is 1. The van der Waals surface area contributed by atoms with E-state index in [-0.39, 0.29) is 5.91 Å². The smallest absolute Gasteiger partial charge is 0.254 e. The predicted octanol–water partition coefficient (Wildman–Crippen LogP) is 2.41. The van der Waals surface area contributed by atoms with Crippen LogP contribution in [0.1, 0.15) is 32.9 Å². The van der Waals surface area contributed by atoms with Gasteiger partial charge in [0.05, 0.1) is 18.9 Å². The molecule has 4 rings (SSSR count). The Morgan fingerprint density at radius 2 is 2.19 bits per heavy atom. The number of ether oxygens (including phenoxy) is 1. The van der Waals surface area contributed by atoms with Gasteiger partial charge in [-0.2, -0.15) is 5.10 Å². The summed E-state index contributed by atoms with van der Waals surface area (Å²) in [7, 11) is 1.59. The topological polar surface area (TPSA) is 71.1 Å². The molecule has 6 heteroatoms. The molecule has 1 amide bonds. The maximum absolute atomic E-state index is 13.0. The number of nitrogens with zero attached hydrogens (tertiary/aromatic N) is 3. The molecule has 27 heavy (non-hydrogen) atoms. The lowest BCUT2D eigenvalue weighted by molar-refractivity contribution is 0.0734. The zero-order chi connectivity index (χ0) is 18.6. The molecule has 1 aliphatic heterocycles. The van der Waals surface area contributed by atoms with E-state index >= 15 is 0 Å². The van der Waals surface area contributed by atoms with Crippen LogP contribution in [0.5, 0.6) is 5.75 Å². The second kappa shape index (κ2) is 7.34. The fraction of sp³-hybridized carbons (Fsp3) is 0.190. The number of aromatic amines is 1. The van der Waals surface area contributed by atoms with Crippen LogP contribution in [-0.2, 0) is 13.0 Å². The molecule has 3 aromatic rings. The first-order valence-corrected chi connectivity index (χ1v) is 8.66. The van der Waals surface area contributed by atoms with Crippen molar-refractivity contribution >= 4 is 5.91 Å². The summed E-state index contributed by atoms with van der Waals surface area (Å²) in [5, 5.41) is 7.04. The Morgan fingerprint density at radius 3 is 3.00 bits per heavy atom. The van der Waals surface area contributed by atoms with Gasteiger partial charge in [-0.05, 0) is 36.3 Å². The number of H-pyrrole nitrogens is 1. The zero-order valence-corrected chi connectivity index (χ0v) is 14.9. The highest BCUT2D eigenvalue weighted by atomic mass is 16.5. The van der Waals surface area contributed by atoms with Gasteiger partial charge in [-0.3, -0.25) is 9.89 Å². The fourth-order valence-corrected chi connectivity index (χ4v) is 3.08. The Kier molecular flexibility index (Phi) is 4.58. The van der Waals surface area contributed by atoms with Crippen LogP contribution in [0.15, 0.2) is 48.8 Å². The van der Waals surface area contributed by atoms with Gasteiger partial charge in [-0.1, -0.05) is 12.0 Å². The molecule has 1 aromatic carbocycles. The lowest BCUT2D eigenvalue weighted by Crippen LogP contribution is -2.35. The van der Waals surface area contributed by atoms with Crippen molar-refractivity contribution < 1.29 is 9.53 Å². The molecule has 2 aromatic heterocycles. The first-order chi connectivity index (χ1) is 13.2. The van der Waals surface area contributed by atoms with E-state index in [1.165, 1.54) is 0 Å². The number of fused-ring (bicyclic) bond motifs is 1. The van der Waals surface area contributed by atoms with Gasteiger partial charge in [0.2, 0.25) is 0 Å². The normalized spacial score (nSPS) is 12.7. The monoisotopic (exact) mass is 358 g/mol. The summed E-state index contributed by atoms with van der Waals surface area (Å²) < 4.78 is 5.39. The minimum atomic E-state index is -0.0228. The van der Waals surface area contributed by atoms with E-state index in [9.17, 15) is 4.79 Å². The van der Waals surface area contributed by atoms with E-state index in [0.717, 1.165) is 17.7 Å². The van der Waals surface area contributed by atoms with Crippen LogP contribution >= 0.6 is 0 Å². The molecule has 0 saturated heterocycles. The molecular formula is C21H18N4O2. The van der Waals surface area contributed by atoms with Crippen molar-refractivity contribution in [3.63, 3.8) is 0 Å². The number of carbonyl (C=O) groups is 1. The van der Waals surface area contributed by atoms with Gasteiger partial charge in [0.25, 0.3) is 5.91 Å². The van der Waals surface area contributed by atoms with Gasteiger partial charge in [0, 0.05) is 42.5 Å². The third-order valence-corrected chi connectivity index (χ3v) is 4.52. The van der Waals surface area contributed by atoms with Crippen LogP contribution < -0.4 is 4.74 Å². The minimum absolute atomic E-state index is 0.0228. The summed E-state index contributed by atoms with van der Waals surface area (Å²) in [6, 6.07) is 10.9. The van der Waals surface area contributed by atoms with Crippen molar-refractivity contribution in [1.29, 1.82) is 0 Å². The molecule has 0 spiro atoms. The molecule has 1 N–H and O–H groups in total. The van der Waals surface area contributed by atoms with E-state index in [0.29, 0.717) is 35.7 Å². The van der Waals surface area contributed by atoms with E-state index in [1.54, 1.807) is 37.7 Å². The Labute approximate surface area is 157 Å². The van der Waals surface area contributed by atoms with Gasteiger partial charge in [0.1, 0.15) is 11.4 Å². The third-order valence-electron chi connectivity index (χ3n) is 4.52. The van der Waals surface area contributed by atoms with Crippen molar-refractivity contribution in [2.24, 2.45) is 0 Å². The van der Waals surface area contributed by atoms with Crippen LogP contribution in [0.2, 0.25) is 0 Å². The van der Waals surface area contributed by atoms with Crippen molar-refractivity contribution in [1.82, 2.24) is 20.1 Å². The summed E-state index contributed by atoms with van der Waals surface area (Å²) in [5.74, 6) is 6.69. The second-order valence-corrected chi connectivity index (χ2v) is 6.23. The van der Waals surface area contributed by atoms with Crippen LogP contribution in [0.25, 0.3) is 0 Å². The fourth-order valence-electron chi connectivity index (χ4n) is 3.08. The molecular weight excluding hydrogens is 340 g/mol. The van der Waals surface area contributed by atoms with E-state index in [1.807, 2.05) is 23.1 Å². The lowest BCUT2D eigenvalue weighted by atomic mass is 10.0. The predicted molar refractivity (Wildman–Crippen MR) is 100 cm³/mol. The first kappa shape index (κ1) is 16.9. The van der Waals surface area contributed by atoms with E-state index < -0.39 is 0 Å². The highest BCUT2D eigenvalue weighted by Crippen LogP contribution is 2.22. The van der Waals surface area contributed by atoms with Crippen molar-refractivity contribution in [3.05, 3.63) is 76.9 Å². The number of pyridine rings is 1. The number of methoxy groups -OCH3 is 1. The zero-order valence-electron chi connectivity index (χ0n) is 14.9. The van der Waals surface area contributed by atoms with E-state index in [2.05, 4.69) is 27.0 Å². The van der Waals surface area contributed by atoms with Gasteiger partial charge in [0.15, 0.2) is 0 Å². The highest BCUT2D eigenvalue weighted by molar-refractivity contribution is 5.95. The number of hydrogen-bond acceptors (Lipinski definition) is 4. The molecule has 0 atom stereocenters. The molecule has 0 bridgehead atoms. The quantitative estimate of drug-likeness (QED) is 0.714. The number of benzene rings is 1. The molecule has 0 aliphatic carbocycles. The van der Waals surface area contributed by atoms with Crippen LogP contribution in [0.4, 0.5) is 0 Å². The summed E-state index contributed by atoms with van der Waals surface area (Å²) in [6.45, 7) is 1.22. The Hall–Kier alpha value is -3.59. The summed E-state index contributed by atoms with van der Waals surface area (Å²) in [4.78, 5) is 19.0. The lowest BCUT2D eigenvalue weighted by Gasteiger charge is -2.26. The number of rotatable bonds is 2. The summed E-state index contributed by atoms with van der Waals surface area (Å²) >= 11 is 0. The molecule has 0 fully saturated rings. The summed E-state index contributed by atoms with van der Waals surface area (Å²) in [5.41, 5.74) is 4.09. The number of aromatic nitrogens is 3. The SMILES string of the molecule is COc1ccc(C(=O)N2CCc3[nH]ncc3C2)cc1C#Cc1ccccn1. The van der Waals surface area contributed by atoms with Crippen molar-refractivity contribution in [2.75, 3.05) is 13.7 Å². The van der Waals surface area contributed by atoms with E-state index in [4.69, 9.17) is 4.74 Å². The van der Waals surface area contributed by atoms with Crippen LogP contribution in [0, 0.1) is 11.8 Å². The number of hydrogen-bond donors (Lipinski definition) is 1. The maximum atomic E-state index is 13.0. The van der Waals surface area contributed by atoms with Gasteiger partial charge in [-0.15, -0.1) is 0 Å². The first-order valence-electron chi connectivity index (χ1n) is 8.66. The largest absolute Gasteiger partial charge is 0.495 e. The Bertz CT molecular complexity index is 1030.